The molecule has 0 unspecified atom stereocenters. The largest absolute Gasteiger partial charge is 0.383 e. The highest BCUT2D eigenvalue weighted by molar-refractivity contribution is 7.12. The van der Waals surface area contributed by atoms with Gasteiger partial charge in [-0.15, -0.1) is 11.3 Å². The minimum atomic E-state index is -0.0119. The number of nitrogens with zero attached hydrogens (tertiary/aromatic N) is 2. The van der Waals surface area contributed by atoms with E-state index in [1.165, 1.54) is 0 Å². The maximum Gasteiger partial charge on any atom is 0.225 e. The average Bonchev–Trinajstić information content (AvgIpc) is 3.27. The molecule has 6 nitrogen and oxygen atoms in total. The fourth-order valence-electron chi connectivity index (χ4n) is 2.86. The van der Waals surface area contributed by atoms with Crippen LogP contribution in [0.15, 0.2) is 71.0 Å². The second-order valence-electron chi connectivity index (χ2n) is 7.06. The van der Waals surface area contributed by atoms with Crippen molar-refractivity contribution < 1.29 is 4.79 Å². The van der Waals surface area contributed by atoms with Crippen molar-refractivity contribution in [2.24, 2.45) is 10.7 Å². The number of aliphatic imine (C=N–C) groups is 1. The molecule has 7 heteroatoms. The summed E-state index contributed by atoms with van der Waals surface area (Å²) in [4.78, 5) is 19.6. The molecule has 0 radical (unpaired) electrons. The first-order valence-corrected chi connectivity index (χ1v) is 10.6. The molecule has 2 aromatic carbocycles. The molecule has 0 saturated heterocycles. The first kappa shape index (κ1) is 21.5. The number of rotatable bonds is 9. The van der Waals surface area contributed by atoms with Gasteiger partial charge in [0, 0.05) is 45.0 Å². The summed E-state index contributed by atoms with van der Waals surface area (Å²) in [6, 6.07) is 19.6. The van der Waals surface area contributed by atoms with Gasteiger partial charge >= 0.3 is 0 Å². The van der Waals surface area contributed by atoms with Crippen molar-refractivity contribution in [3.8, 4) is 0 Å². The number of nitrogens with two attached hydrogens (primary N) is 1. The highest BCUT2D eigenvalue weighted by Gasteiger charge is 2.04. The number of carbonyl (C=O) groups excluding carboxylic acids is 1. The summed E-state index contributed by atoms with van der Waals surface area (Å²) in [7, 11) is 3.97. The maximum atomic E-state index is 12.1. The zero-order valence-electron chi connectivity index (χ0n) is 17.3. The summed E-state index contributed by atoms with van der Waals surface area (Å²) in [5, 5.41) is 8.21. The molecule has 1 heterocycles. The monoisotopic (exact) mass is 421 g/mol. The second-order valence-corrected chi connectivity index (χ2v) is 8.01. The van der Waals surface area contributed by atoms with Gasteiger partial charge in [0.15, 0.2) is 0 Å². The first-order valence-electron chi connectivity index (χ1n) is 9.76. The zero-order valence-corrected chi connectivity index (χ0v) is 18.1. The van der Waals surface area contributed by atoms with Crippen LogP contribution in [-0.4, -0.2) is 32.4 Å². The van der Waals surface area contributed by atoms with E-state index in [9.17, 15) is 4.79 Å². The van der Waals surface area contributed by atoms with Gasteiger partial charge in [0.1, 0.15) is 5.84 Å². The fourth-order valence-corrected chi connectivity index (χ4v) is 3.48. The van der Waals surface area contributed by atoms with Gasteiger partial charge in [0.25, 0.3) is 0 Å². The molecule has 1 aromatic heterocycles. The van der Waals surface area contributed by atoms with E-state index in [1.54, 1.807) is 11.3 Å². The fraction of sp³-hybridized carbons (Fsp3) is 0.217. The van der Waals surface area contributed by atoms with Gasteiger partial charge in [0.2, 0.25) is 5.91 Å². The lowest BCUT2D eigenvalue weighted by atomic mass is 10.2. The van der Waals surface area contributed by atoms with Gasteiger partial charge in [0.05, 0.1) is 10.6 Å². The van der Waals surface area contributed by atoms with Gasteiger partial charge in [-0.05, 0) is 53.4 Å². The molecule has 30 heavy (non-hydrogen) atoms. The number of amides is 1. The number of hydrogen-bond donors (Lipinski definition) is 3. The maximum absolute atomic E-state index is 12.1. The zero-order chi connectivity index (χ0) is 21.3. The lowest BCUT2D eigenvalue weighted by Crippen LogP contribution is -2.21. The molecule has 156 valence electrons. The Morgan fingerprint density at radius 2 is 1.90 bits per heavy atom. The Labute approximate surface area is 181 Å². The highest BCUT2D eigenvalue weighted by Crippen LogP contribution is 2.17. The molecule has 3 aromatic rings. The molecule has 0 saturated carbocycles. The van der Waals surface area contributed by atoms with Crippen molar-refractivity contribution in [3.05, 3.63) is 76.5 Å². The summed E-state index contributed by atoms with van der Waals surface area (Å²) in [5.41, 5.74) is 9.87. The third kappa shape index (κ3) is 6.43. The molecule has 0 atom stereocenters. The number of amidine groups is 1. The predicted molar refractivity (Wildman–Crippen MR) is 127 cm³/mol. The number of anilines is 2. The summed E-state index contributed by atoms with van der Waals surface area (Å²) in [5.74, 6) is 0.507. The van der Waals surface area contributed by atoms with Gasteiger partial charge < -0.3 is 21.3 Å². The summed E-state index contributed by atoms with van der Waals surface area (Å²) in [6.07, 6.45) is 0.401. The van der Waals surface area contributed by atoms with Crippen molar-refractivity contribution in [1.29, 1.82) is 0 Å². The summed E-state index contributed by atoms with van der Waals surface area (Å²) < 4.78 is 0. The summed E-state index contributed by atoms with van der Waals surface area (Å²) >= 11 is 1.57. The van der Waals surface area contributed by atoms with Crippen LogP contribution in [0, 0.1) is 0 Å². The lowest BCUT2D eigenvalue weighted by molar-refractivity contribution is -0.116. The van der Waals surface area contributed by atoms with Crippen LogP contribution in [0.2, 0.25) is 0 Å². The average molecular weight is 422 g/mol. The van der Waals surface area contributed by atoms with Crippen molar-refractivity contribution in [1.82, 2.24) is 5.32 Å². The molecule has 0 spiro atoms. The lowest BCUT2D eigenvalue weighted by Gasteiger charge is -2.13. The molecular formula is C23H27N5OS. The standard InChI is InChI=1S/C23H27N5OS/c1-28(2)20-10-8-18(9-11-20)26-22(29)12-13-25-16-17-5-3-6-19(15-17)27-23(24)21-7-4-14-30-21/h3-11,14-15,25H,12-13,16H2,1-2H3,(H2,24,27)(H,26,29). The normalized spacial score (nSPS) is 11.3. The van der Waals surface area contributed by atoms with E-state index in [4.69, 9.17) is 5.73 Å². The van der Waals surface area contributed by atoms with Crippen LogP contribution in [0.5, 0.6) is 0 Å². The Morgan fingerprint density at radius 3 is 2.60 bits per heavy atom. The molecule has 3 rings (SSSR count). The van der Waals surface area contributed by atoms with E-state index in [1.807, 2.05) is 85.0 Å². The number of thiophene rings is 1. The Kier molecular flexibility index (Phi) is 7.59. The third-order valence-electron chi connectivity index (χ3n) is 4.46. The molecule has 0 aliphatic carbocycles. The first-order chi connectivity index (χ1) is 14.5. The Morgan fingerprint density at radius 1 is 1.10 bits per heavy atom. The molecular weight excluding hydrogens is 394 g/mol. The number of carbonyl (C=O) groups is 1. The van der Waals surface area contributed by atoms with Crippen molar-refractivity contribution in [2.45, 2.75) is 13.0 Å². The van der Waals surface area contributed by atoms with Crippen LogP contribution in [-0.2, 0) is 11.3 Å². The van der Waals surface area contributed by atoms with Gasteiger partial charge in [-0.3, -0.25) is 4.79 Å². The Balaban J connectivity index is 1.44. The van der Waals surface area contributed by atoms with E-state index < -0.39 is 0 Å². The molecule has 0 aliphatic rings. The third-order valence-corrected chi connectivity index (χ3v) is 5.35. The molecule has 0 bridgehead atoms. The predicted octanol–water partition coefficient (Wildman–Crippen LogP) is 3.97. The van der Waals surface area contributed by atoms with Crippen LogP contribution in [0.1, 0.15) is 16.9 Å². The van der Waals surface area contributed by atoms with E-state index >= 15 is 0 Å². The van der Waals surface area contributed by atoms with Crippen LogP contribution < -0.4 is 21.3 Å². The highest BCUT2D eigenvalue weighted by atomic mass is 32.1. The van der Waals surface area contributed by atoms with Crippen molar-refractivity contribution in [2.75, 3.05) is 30.9 Å². The minimum Gasteiger partial charge on any atom is -0.383 e. The number of nitrogens with one attached hydrogen (secondary N) is 2. The number of benzene rings is 2. The Bertz CT molecular complexity index is 981. The van der Waals surface area contributed by atoms with E-state index in [0.29, 0.717) is 25.3 Å². The SMILES string of the molecule is CN(C)c1ccc(NC(=O)CCNCc2cccc(N=C(N)c3cccs3)c2)cc1. The quantitative estimate of drug-likeness (QED) is 0.277. The van der Waals surface area contributed by atoms with Gasteiger partial charge in [-0.1, -0.05) is 18.2 Å². The molecule has 1 amide bonds. The molecule has 0 aliphatic heterocycles. The van der Waals surface area contributed by atoms with Crippen LogP contribution in [0.25, 0.3) is 0 Å². The smallest absolute Gasteiger partial charge is 0.225 e. The molecule has 0 fully saturated rings. The van der Waals surface area contributed by atoms with Crippen LogP contribution in [0.3, 0.4) is 0 Å². The second kappa shape index (κ2) is 10.6. The van der Waals surface area contributed by atoms with Crippen molar-refractivity contribution in [3.63, 3.8) is 0 Å². The van der Waals surface area contributed by atoms with Gasteiger partial charge in [-0.2, -0.15) is 0 Å². The molecule has 4 N–H and O–H groups in total. The van der Waals surface area contributed by atoms with E-state index in [0.717, 1.165) is 27.5 Å². The number of hydrogen-bond acceptors (Lipinski definition) is 5. The van der Waals surface area contributed by atoms with Gasteiger partial charge in [-0.25, -0.2) is 4.99 Å². The minimum absolute atomic E-state index is 0.0119. The Hall–Kier alpha value is -3.16. The van der Waals surface area contributed by atoms with E-state index in [2.05, 4.69) is 15.6 Å². The van der Waals surface area contributed by atoms with Crippen LogP contribution in [0.4, 0.5) is 17.1 Å². The van der Waals surface area contributed by atoms with Crippen molar-refractivity contribution >= 4 is 40.1 Å². The van der Waals surface area contributed by atoms with E-state index in [-0.39, 0.29) is 5.91 Å². The van der Waals surface area contributed by atoms with Crippen LogP contribution >= 0.6 is 11.3 Å². The summed E-state index contributed by atoms with van der Waals surface area (Å²) in [6.45, 7) is 1.25. The topological polar surface area (TPSA) is 82.8 Å².